The lowest BCUT2D eigenvalue weighted by atomic mass is 10.3. The number of rotatable bonds is 8. The van der Waals surface area contributed by atoms with Gasteiger partial charge in [-0.2, -0.15) is 0 Å². The maximum Gasteiger partial charge on any atom is 0.338 e. The third-order valence-corrected chi connectivity index (χ3v) is 3.34. The molecule has 0 aliphatic carbocycles. The average molecular weight is 359 g/mol. The van der Waals surface area contributed by atoms with Crippen molar-refractivity contribution in [2.45, 2.75) is 13.0 Å². The van der Waals surface area contributed by atoms with Crippen LogP contribution in [0.5, 0.6) is 17.2 Å². The van der Waals surface area contributed by atoms with Crippen molar-refractivity contribution >= 4 is 11.9 Å². The molecule has 0 spiro atoms. The number of nitrogens with two attached hydrogens (primary N) is 1. The molecule has 0 aliphatic rings. The van der Waals surface area contributed by atoms with Gasteiger partial charge in [-0.1, -0.05) is 24.3 Å². The van der Waals surface area contributed by atoms with E-state index in [1.165, 1.54) is 0 Å². The van der Waals surface area contributed by atoms with Crippen LogP contribution in [0.2, 0.25) is 0 Å². The van der Waals surface area contributed by atoms with Crippen LogP contribution in [-0.4, -0.2) is 41.4 Å². The number of hydroxylamine groups is 2. The Bertz CT molecular complexity index is 739. The van der Waals surface area contributed by atoms with Crippen molar-refractivity contribution in [2.75, 3.05) is 13.1 Å². The number of carbonyl (C=O) groups excluding carboxylic acids is 2. The quantitative estimate of drug-likeness (QED) is 0.493. The van der Waals surface area contributed by atoms with Gasteiger partial charge in [0.05, 0.1) is 6.54 Å². The number of nitrogens with zero attached hydrogens (tertiary/aromatic N) is 1. The van der Waals surface area contributed by atoms with E-state index in [9.17, 15) is 9.59 Å². The summed E-state index contributed by atoms with van der Waals surface area (Å²) in [6.07, 6.45) is -0.775. The van der Waals surface area contributed by atoms with Gasteiger partial charge in [0, 0.05) is 12.6 Å². The number of carbonyl (C=O) groups is 2. The zero-order chi connectivity index (χ0) is 18.9. The van der Waals surface area contributed by atoms with Crippen LogP contribution in [0.4, 0.5) is 4.79 Å². The van der Waals surface area contributed by atoms with Crippen molar-refractivity contribution in [1.82, 2.24) is 10.4 Å². The number of hydrogen-bond donors (Lipinski definition) is 3. The highest BCUT2D eigenvalue weighted by molar-refractivity contribution is 5.80. The lowest BCUT2D eigenvalue weighted by molar-refractivity contribution is -0.127. The second-order valence-electron chi connectivity index (χ2n) is 5.40. The summed E-state index contributed by atoms with van der Waals surface area (Å²) in [6, 6.07) is 15.2. The van der Waals surface area contributed by atoms with E-state index in [-0.39, 0.29) is 13.1 Å². The molecule has 8 nitrogen and oxygen atoms in total. The number of ether oxygens (including phenoxy) is 2. The van der Waals surface area contributed by atoms with Crippen LogP contribution in [0.25, 0.3) is 0 Å². The lowest BCUT2D eigenvalue weighted by Gasteiger charge is -2.17. The molecular formula is C18H21N3O5. The molecule has 0 aliphatic heterocycles. The SMILES string of the molecule is CC(Oc1cccc(Oc2ccccc2)c1)C(=O)NCCN(O)C(N)=O. The highest BCUT2D eigenvalue weighted by Crippen LogP contribution is 2.25. The largest absolute Gasteiger partial charge is 0.481 e. The van der Waals surface area contributed by atoms with E-state index in [2.05, 4.69) is 5.32 Å². The van der Waals surface area contributed by atoms with Crippen molar-refractivity contribution in [1.29, 1.82) is 0 Å². The van der Waals surface area contributed by atoms with Gasteiger partial charge in [-0.3, -0.25) is 10.0 Å². The van der Waals surface area contributed by atoms with Gasteiger partial charge in [-0.15, -0.1) is 0 Å². The molecule has 0 saturated heterocycles. The highest BCUT2D eigenvalue weighted by Gasteiger charge is 2.15. The minimum absolute atomic E-state index is 0.0448. The number of para-hydroxylation sites is 1. The third kappa shape index (κ3) is 5.99. The molecule has 0 heterocycles. The van der Waals surface area contributed by atoms with Crippen molar-refractivity contribution in [3.8, 4) is 17.2 Å². The van der Waals surface area contributed by atoms with Crippen LogP contribution in [0.3, 0.4) is 0 Å². The van der Waals surface area contributed by atoms with E-state index in [0.29, 0.717) is 22.3 Å². The Hall–Kier alpha value is -3.26. The Morgan fingerprint density at radius 3 is 2.46 bits per heavy atom. The predicted octanol–water partition coefficient (Wildman–Crippen LogP) is 2.13. The summed E-state index contributed by atoms with van der Waals surface area (Å²) >= 11 is 0. The molecule has 138 valence electrons. The highest BCUT2D eigenvalue weighted by atomic mass is 16.5. The summed E-state index contributed by atoms with van der Waals surface area (Å²) < 4.78 is 11.3. The van der Waals surface area contributed by atoms with Crippen LogP contribution in [-0.2, 0) is 4.79 Å². The van der Waals surface area contributed by atoms with Crippen molar-refractivity contribution < 1.29 is 24.3 Å². The fourth-order valence-corrected chi connectivity index (χ4v) is 2.03. The van der Waals surface area contributed by atoms with Gasteiger partial charge in [-0.25, -0.2) is 9.86 Å². The molecule has 1 atom stereocenters. The normalized spacial score (nSPS) is 11.3. The smallest absolute Gasteiger partial charge is 0.338 e. The van der Waals surface area contributed by atoms with Gasteiger partial charge in [0.15, 0.2) is 6.10 Å². The summed E-state index contributed by atoms with van der Waals surface area (Å²) in [6.45, 7) is 1.52. The number of primary amides is 1. The van der Waals surface area contributed by atoms with Crippen LogP contribution in [0, 0.1) is 0 Å². The number of hydrogen-bond acceptors (Lipinski definition) is 5. The Kier molecular flexibility index (Phi) is 6.81. The number of nitrogens with one attached hydrogen (secondary N) is 1. The first-order valence-corrected chi connectivity index (χ1v) is 7.99. The van der Waals surface area contributed by atoms with Gasteiger partial charge in [0.25, 0.3) is 5.91 Å². The minimum atomic E-state index is -0.987. The summed E-state index contributed by atoms with van der Waals surface area (Å²) in [5, 5.41) is 12.0. The molecule has 1 unspecified atom stereocenters. The summed E-state index contributed by atoms with van der Waals surface area (Å²) in [5.74, 6) is 1.36. The monoisotopic (exact) mass is 359 g/mol. The first kappa shape index (κ1) is 19.1. The molecule has 4 N–H and O–H groups in total. The lowest BCUT2D eigenvalue weighted by Crippen LogP contribution is -2.42. The van der Waals surface area contributed by atoms with Crippen LogP contribution in [0.1, 0.15) is 6.92 Å². The van der Waals surface area contributed by atoms with Gasteiger partial charge < -0.3 is 20.5 Å². The molecular weight excluding hydrogens is 338 g/mol. The molecule has 8 heteroatoms. The molecule has 26 heavy (non-hydrogen) atoms. The summed E-state index contributed by atoms with van der Waals surface area (Å²) in [4.78, 5) is 22.7. The molecule has 0 saturated carbocycles. The van der Waals surface area contributed by atoms with E-state index in [0.717, 1.165) is 0 Å². The van der Waals surface area contributed by atoms with E-state index >= 15 is 0 Å². The van der Waals surface area contributed by atoms with Crippen molar-refractivity contribution in [3.05, 3.63) is 54.6 Å². The Labute approximate surface area is 151 Å². The van der Waals surface area contributed by atoms with E-state index in [4.69, 9.17) is 20.4 Å². The Morgan fingerprint density at radius 1 is 1.12 bits per heavy atom. The first-order chi connectivity index (χ1) is 12.5. The summed E-state index contributed by atoms with van der Waals surface area (Å²) in [5.41, 5.74) is 4.87. The van der Waals surface area contributed by atoms with Gasteiger partial charge in [0.1, 0.15) is 17.2 Å². The molecule has 0 fully saturated rings. The van der Waals surface area contributed by atoms with Crippen LogP contribution >= 0.6 is 0 Å². The number of urea groups is 1. The zero-order valence-electron chi connectivity index (χ0n) is 14.3. The molecule has 0 aromatic heterocycles. The minimum Gasteiger partial charge on any atom is -0.481 e. The topological polar surface area (TPSA) is 114 Å². The van der Waals surface area contributed by atoms with E-state index in [1.807, 2.05) is 30.3 Å². The predicted molar refractivity (Wildman–Crippen MR) is 94.1 cm³/mol. The second-order valence-corrected chi connectivity index (χ2v) is 5.40. The molecule has 2 aromatic carbocycles. The maximum atomic E-state index is 12.0. The number of amides is 3. The fraction of sp³-hybridized carbons (Fsp3) is 0.222. The summed E-state index contributed by atoms with van der Waals surface area (Å²) in [7, 11) is 0. The first-order valence-electron chi connectivity index (χ1n) is 7.99. The maximum absolute atomic E-state index is 12.0. The number of benzene rings is 2. The van der Waals surface area contributed by atoms with E-state index in [1.54, 1.807) is 31.2 Å². The van der Waals surface area contributed by atoms with Crippen molar-refractivity contribution in [3.63, 3.8) is 0 Å². The van der Waals surface area contributed by atoms with Crippen LogP contribution in [0.15, 0.2) is 54.6 Å². The average Bonchev–Trinajstić information content (AvgIpc) is 2.62. The second kappa shape index (κ2) is 9.28. The van der Waals surface area contributed by atoms with E-state index < -0.39 is 18.0 Å². The van der Waals surface area contributed by atoms with Crippen LogP contribution < -0.4 is 20.5 Å². The zero-order valence-corrected chi connectivity index (χ0v) is 14.3. The van der Waals surface area contributed by atoms with Gasteiger partial charge >= 0.3 is 6.03 Å². The molecule has 0 bridgehead atoms. The molecule has 2 rings (SSSR count). The molecule has 2 aromatic rings. The molecule has 3 amide bonds. The Morgan fingerprint density at radius 2 is 1.77 bits per heavy atom. The molecule has 0 radical (unpaired) electrons. The Balaban J connectivity index is 1.86. The standard InChI is InChI=1S/C18H21N3O5/c1-13(17(22)20-10-11-21(24)18(19)23)25-15-8-5-9-16(12-15)26-14-6-3-2-4-7-14/h2-9,12-13,24H,10-11H2,1H3,(H2,19,23)(H,20,22). The van der Waals surface area contributed by atoms with Gasteiger partial charge in [0.2, 0.25) is 0 Å². The van der Waals surface area contributed by atoms with Gasteiger partial charge in [-0.05, 0) is 31.2 Å². The third-order valence-electron chi connectivity index (χ3n) is 3.34. The fourth-order valence-electron chi connectivity index (χ4n) is 2.03. The van der Waals surface area contributed by atoms with Crippen molar-refractivity contribution in [2.24, 2.45) is 5.73 Å².